The molecule has 0 amide bonds. The Morgan fingerprint density at radius 2 is 1.50 bits per heavy atom. The van der Waals surface area contributed by atoms with Crippen molar-refractivity contribution in [1.82, 2.24) is 6.15 Å². The van der Waals surface area contributed by atoms with Crippen molar-refractivity contribution in [3.05, 3.63) is 0 Å². The second-order valence-corrected chi connectivity index (χ2v) is 2.06. The van der Waals surface area contributed by atoms with Crippen molar-refractivity contribution in [2.75, 3.05) is 13.1 Å². The largest absolute Gasteiger partial charge is 0.344 e. The quantitative estimate of drug-likeness (QED) is 0.366. The Morgan fingerprint density at radius 1 is 1.25 bits per heavy atom. The van der Waals surface area contributed by atoms with E-state index in [0.717, 1.165) is 0 Å². The predicted octanol–water partition coefficient (Wildman–Crippen LogP) is -1.22. The third kappa shape index (κ3) is 4.01. The first kappa shape index (κ1) is 10.8. The van der Waals surface area contributed by atoms with Gasteiger partial charge in [0, 0.05) is 18.6 Å². The van der Waals surface area contributed by atoms with Gasteiger partial charge in [0.05, 0.1) is 0 Å². The van der Waals surface area contributed by atoms with Crippen LogP contribution in [-0.2, 0) is 0 Å². The molecule has 0 aliphatic carbocycles. The highest BCUT2D eigenvalue weighted by atomic mass is 14.8. The molecule has 0 fully saturated rings. The Hall–Kier alpha value is -0.160. The monoisotopic (exact) mass is 120 g/mol. The van der Waals surface area contributed by atoms with E-state index in [9.17, 15) is 0 Å². The molecule has 0 saturated carbocycles. The topological polar surface area (TPSA) is 113 Å². The summed E-state index contributed by atoms with van der Waals surface area (Å²) in [5, 5.41) is 0. The summed E-state index contributed by atoms with van der Waals surface area (Å²) in [4.78, 5) is 0. The molecule has 4 heteroatoms. The summed E-state index contributed by atoms with van der Waals surface area (Å²) in [5.41, 5.74) is 15.5. The van der Waals surface area contributed by atoms with Crippen LogP contribution in [0.2, 0.25) is 0 Å². The third-order valence-corrected chi connectivity index (χ3v) is 0.933. The molecule has 4 nitrogen and oxygen atoms in total. The number of nitrogens with two attached hydrogens (primary N) is 3. The molecule has 0 heterocycles. The van der Waals surface area contributed by atoms with Crippen molar-refractivity contribution in [1.29, 1.82) is 0 Å². The van der Waals surface area contributed by atoms with Crippen LogP contribution in [0.25, 0.3) is 0 Å². The number of hydrogen-bond donors (Lipinski definition) is 4. The molecule has 0 aliphatic heterocycles. The van der Waals surface area contributed by atoms with E-state index in [1.165, 1.54) is 0 Å². The van der Waals surface area contributed by atoms with Crippen LogP contribution in [0.3, 0.4) is 0 Å². The molecule has 0 aliphatic rings. The minimum Gasteiger partial charge on any atom is -0.344 e. The maximum Gasteiger partial charge on any atom is 0.0374 e. The summed E-state index contributed by atoms with van der Waals surface area (Å²) in [7, 11) is 0. The van der Waals surface area contributed by atoms with Crippen LogP contribution < -0.4 is 23.4 Å². The Balaban J connectivity index is 0. The van der Waals surface area contributed by atoms with Gasteiger partial charge in [0.25, 0.3) is 0 Å². The Kier molecular flexibility index (Phi) is 5.10. The van der Waals surface area contributed by atoms with Crippen molar-refractivity contribution in [2.24, 2.45) is 17.2 Å². The highest BCUT2D eigenvalue weighted by Crippen LogP contribution is 1.88. The number of rotatable bonds is 2. The van der Waals surface area contributed by atoms with Crippen LogP contribution in [-0.4, -0.2) is 18.6 Å². The second-order valence-electron chi connectivity index (χ2n) is 2.06. The summed E-state index contributed by atoms with van der Waals surface area (Å²) in [5.74, 6) is 0. The summed E-state index contributed by atoms with van der Waals surface area (Å²) < 4.78 is 0. The molecule has 0 saturated heterocycles. The van der Waals surface area contributed by atoms with Crippen molar-refractivity contribution >= 4 is 0 Å². The zero-order chi connectivity index (χ0) is 5.91. The van der Waals surface area contributed by atoms with Gasteiger partial charge in [0.2, 0.25) is 0 Å². The standard InChI is InChI=1S/C4H13N3.H3N/c1-4(7,2-5)3-6;/h2-3,5-7H2,1H3;1H3. The first-order chi connectivity index (χ1) is 3.12. The molecule has 0 aromatic heterocycles. The lowest BCUT2D eigenvalue weighted by Gasteiger charge is -2.18. The van der Waals surface area contributed by atoms with Crippen LogP contribution in [0.1, 0.15) is 6.92 Å². The highest BCUT2D eigenvalue weighted by molar-refractivity contribution is 4.79. The molecule has 0 aromatic rings. The van der Waals surface area contributed by atoms with E-state index in [1.54, 1.807) is 0 Å². The van der Waals surface area contributed by atoms with Gasteiger partial charge < -0.3 is 23.4 Å². The summed E-state index contributed by atoms with van der Waals surface area (Å²) in [6.07, 6.45) is 0. The molecule has 0 spiro atoms. The van der Waals surface area contributed by atoms with Gasteiger partial charge in [-0.15, -0.1) is 0 Å². The summed E-state index contributed by atoms with van der Waals surface area (Å²) >= 11 is 0. The first-order valence-corrected chi connectivity index (χ1v) is 2.31. The van der Waals surface area contributed by atoms with E-state index in [1.807, 2.05) is 6.92 Å². The van der Waals surface area contributed by atoms with E-state index in [4.69, 9.17) is 17.2 Å². The third-order valence-electron chi connectivity index (χ3n) is 0.933. The normalized spacial score (nSPS) is 10.5. The average Bonchev–Trinajstić information content (AvgIpc) is 1.68. The minimum absolute atomic E-state index is 0. The Labute approximate surface area is 50.0 Å². The van der Waals surface area contributed by atoms with Crippen molar-refractivity contribution in [3.63, 3.8) is 0 Å². The van der Waals surface area contributed by atoms with Crippen LogP contribution in [0, 0.1) is 0 Å². The molecule has 0 bridgehead atoms. The van der Waals surface area contributed by atoms with Crippen LogP contribution in [0.15, 0.2) is 0 Å². The molecule has 0 radical (unpaired) electrons. The van der Waals surface area contributed by atoms with Crippen molar-refractivity contribution in [3.8, 4) is 0 Å². The Morgan fingerprint density at radius 3 is 1.50 bits per heavy atom. The molecule has 9 N–H and O–H groups in total. The molecule has 0 atom stereocenters. The smallest absolute Gasteiger partial charge is 0.0374 e. The summed E-state index contributed by atoms with van der Waals surface area (Å²) in [6, 6.07) is 0. The molecular formula is C4H16N4. The average molecular weight is 120 g/mol. The lowest BCUT2D eigenvalue weighted by atomic mass is 10.1. The zero-order valence-corrected chi connectivity index (χ0v) is 5.35. The van der Waals surface area contributed by atoms with Gasteiger partial charge >= 0.3 is 0 Å². The maximum absolute atomic E-state index is 5.47. The summed E-state index contributed by atoms with van der Waals surface area (Å²) in [6.45, 7) is 2.72. The fourth-order valence-corrected chi connectivity index (χ4v) is 0.0833. The fourth-order valence-electron chi connectivity index (χ4n) is 0.0833. The van der Waals surface area contributed by atoms with Gasteiger partial charge in [0.15, 0.2) is 0 Å². The lowest BCUT2D eigenvalue weighted by molar-refractivity contribution is 0.492. The van der Waals surface area contributed by atoms with Gasteiger partial charge in [-0.2, -0.15) is 0 Å². The zero-order valence-electron chi connectivity index (χ0n) is 5.35. The molecular weight excluding hydrogens is 104 g/mol. The fraction of sp³-hybridized carbons (Fsp3) is 1.00. The highest BCUT2D eigenvalue weighted by Gasteiger charge is 2.11. The van der Waals surface area contributed by atoms with Crippen molar-refractivity contribution < 1.29 is 0 Å². The van der Waals surface area contributed by atoms with E-state index < -0.39 is 0 Å². The van der Waals surface area contributed by atoms with E-state index >= 15 is 0 Å². The second kappa shape index (κ2) is 3.80. The van der Waals surface area contributed by atoms with E-state index in [2.05, 4.69) is 0 Å². The van der Waals surface area contributed by atoms with Crippen LogP contribution in [0.5, 0.6) is 0 Å². The van der Waals surface area contributed by atoms with Crippen LogP contribution >= 0.6 is 0 Å². The first-order valence-electron chi connectivity index (χ1n) is 2.31. The van der Waals surface area contributed by atoms with Gasteiger partial charge in [-0.3, -0.25) is 0 Å². The molecule has 8 heavy (non-hydrogen) atoms. The van der Waals surface area contributed by atoms with Gasteiger partial charge in [-0.1, -0.05) is 0 Å². The van der Waals surface area contributed by atoms with Crippen molar-refractivity contribution in [2.45, 2.75) is 12.5 Å². The van der Waals surface area contributed by atoms with Gasteiger partial charge in [0.1, 0.15) is 0 Å². The lowest BCUT2D eigenvalue weighted by Crippen LogP contribution is -2.50. The van der Waals surface area contributed by atoms with Gasteiger partial charge in [-0.25, -0.2) is 0 Å². The number of hydrogen-bond acceptors (Lipinski definition) is 4. The van der Waals surface area contributed by atoms with Crippen LogP contribution in [0.4, 0.5) is 0 Å². The predicted molar refractivity (Wildman–Crippen MR) is 35.7 cm³/mol. The minimum atomic E-state index is -0.361. The Bertz CT molecular complexity index is 46.0. The van der Waals surface area contributed by atoms with E-state index in [0.29, 0.717) is 13.1 Å². The molecule has 0 unspecified atom stereocenters. The molecule has 52 valence electrons. The van der Waals surface area contributed by atoms with Gasteiger partial charge in [-0.05, 0) is 6.92 Å². The SMILES string of the molecule is CC(N)(CN)CN.N. The molecule has 0 aromatic carbocycles. The maximum atomic E-state index is 5.47. The van der Waals surface area contributed by atoms with E-state index in [-0.39, 0.29) is 11.7 Å². The molecule has 0 rings (SSSR count).